The van der Waals surface area contributed by atoms with Crippen molar-refractivity contribution in [3.05, 3.63) is 35.8 Å². The Hall–Kier alpha value is -1.35. The molecule has 3 heteroatoms. The van der Waals surface area contributed by atoms with Gasteiger partial charge in [0, 0.05) is 11.8 Å². The van der Waals surface area contributed by atoms with Crippen LogP contribution in [0.5, 0.6) is 0 Å². The van der Waals surface area contributed by atoms with Crippen molar-refractivity contribution in [3.63, 3.8) is 0 Å². The highest BCUT2D eigenvalue weighted by Crippen LogP contribution is 2.69. The summed E-state index contributed by atoms with van der Waals surface area (Å²) >= 11 is 0. The van der Waals surface area contributed by atoms with Crippen molar-refractivity contribution in [1.29, 1.82) is 0 Å². The lowest BCUT2D eigenvalue weighted by atomic mass is 9.45. The normalized spacial score (nSPS) is 47.7. The Morgan fingerprint density at radius 3 is 2.69 bits per heavy atom. The third-order valence-corrected chi connectivity index (χ3v) is 9.09. The summed E-state index contributed by atoms with van der Waals surface area (Å²) in [6.07, 6.45) is 13.4. The van der Waals surface area contributed by atoms with Crippen molar-refractivity contribution in [2.45, 2.75) is 76.7 Å². The summed E-state index contributed by atoms with van der Waals surface area (Å²) in [7, 11) is 0. The SMILES string of the molecule is C[C@]12CCC(=O)C=C1CC[C@@H]1[C@@H]2CC[C@]2(C)[C@@H](c3ccoc3)CC[C@]12O. The molecule has 0 saturated heterocycles. The summed E-state index contributed by atoms with van der Waals surface area (Å²) in [6.45, 7) is 4.70. The van der Waals surface area contributed by atoms with Crippen LogP contribution in [0.25, 0.3) is 0 Å². The fourth-order valence-electron chi connectivity index (χ4n) is 7.54. The summed E-state index contributed by atoms with van der Waals surface area (Å²) in [4.78, 5) is 12.0. The van der Waals surface area contributed by atoms with Crippen molar-refractivity contribution in [3.8, 4) is 0 Å². The minimum absolute atomic E-state index is 0.0693. The van der Waals surface area contributed by atoms with E-state index in [2.05, 4.69) is 19.9 Å². The molecule has 4 aliphatic rings. The number of carbonyl (C=O) groups excluding carboxylic acids is 1. The van der Waals surface area contributed by atoms with Crippen LogP contribution in [0.1, 0.15) is 76.7 Å². The van der Waals surface area contributed by atoms with Gasteiger partial charge >= 0.3 is 0 Å². The van der Waals surface area contributed by atoms with E-state index >= 15 is 0 Å². The quantitative estimate of drug-likeness (QED) is 0.771. The molecule has 6 atom stereocenters. The predicted molar refractivity (Wildman–Crippen MR) is 99.6 cm³/mol. The molecule has 140 valence electrons. The second kappa shape index (κ2) is 5.34. The molecule has 1 aromatic rings. The maximum atomic E-state index is 12.1. The molecule has 1 heterocycles. The second-order valence-corrected chi connectivity index (χ2v) is 9.83. The molecule has 1 aromatic heterocycles. The average Bonchev–Trinajstić information content (AvgIpc) is 3.21. The van der Waals surface area contributed by atoms with Gasteiger partial charge in [0.25, 0.3) is 0 Å². The number of fused-ring (bicyclic) bond motifs is 5. The van der Waals surface area contributed by atoms with E-state index in [1.807, 2.05) is 12.3 Å². The number of hydrogen-bond donors (Lipinski definition) is 1. The number of rotatable bonds is 1. The van der Waals surface area contributed by atoms with Gasteiger partial charge in [-0.3, -0.25) is 4.79 Å². The number of ketones is 1. The molecule has 0 amide bonds. The molecule has 3 nitrogen and oxygen atoms in total. The number of furan rings is 1. The fraction of sp³-hybridized carbons (Fsp3) is 0.696. The van der Waals surface area contributed by atoms with Gasteiger partial charge in [0.05, 0.1) is 18.1 Å². The van der Waals surface area contributed by atoms with E-state index in [4.69, 9.17) is 4.42 Å². The molecule has 0 aliphatic heterocycles. The zero-order valence-electron chi connectivity index (χ0n) is 16.0. The van der Waals surface area contributed by atoms with Crippen molar-refractivity contribution < 1.29 is 14.3 Å². The van der Waals surface area contributed by atoms with Gasteiger partial charge in [0.1, 0.15) is 0 Å². The highest BCUT2D eigenvalue weighted by Gasteiger charge is 2.66. The van der Waals surface area contributed by atoms with E-state index in [-0.39, 0.29) is 10.8 Å². The summed E-state index contributed by atoms with van der Waals surface area (Å²) in [6, 6.07) is 2.09. The van der Waals surface area contributed by atoms with E-state index in [1.165, 1.54) is 17.6 Å². The lowest BCUT2D eigenvalue weighted by Crippen LogP contribution is -2.60. The smallest absolute Gasteiger partial charge is 0.155 e. The summed E-state index contributed by atoms with van der Waals surface area (Å²) in [5, 5.41) is 12.1. The highest BCUT2D eigenvalue weighted by atomic mass is 16.3. The molecular weight excluding hydrogens is 324 g/mol. The Morgan fingerprint density at radius 2 is 1.92 bits per heavy atom. The lowest BCUT2D eigenvalue weighted by Gasteiger charge is -2.61. The molecule has 4 aliphatic carbocycles. The number of carbonyl (C=O) groups is 1. The molecule has 3 fully saturated rings. The summed E-state index contributed by atoms with van der Waals surface area (Å²) in [5.41, 5.74) is 2.08. The monoisotopic (exact) mass is 354 g/mol. The molecule has 0 spiro atoms. The minimum atomic E-state index is -0.589. The Kier molecular flexibility index (Phi) is 3.45. The van der Waals surface area contributed by atoms with Crippen LogP contribution in [-0.2, 0) is 4.79 Å². The van der Waals surface area contributed by atoms with Gasteiger partial charge in [0.15, 0.2) is 5.78 Å². The van der Waals surface area contributed by atoms with Crippen molar-refractivity contribution in [1.82, 2.24) is 0 Å². The second-order valence-electron chi connectivity index (χ2n) is 9.83. The van der Waals surface area contributed by atoms with Crippen LogP contribution in [0.3, 0.4) is 0 Å². The Labute approximate surface area is 155 Å². The molecular formula is C23H30O3. The largest absolute Gasteiger partial charge is 0.472 e. The van der Waals surface area contributed by atoms with E-state index < -0.39 is 5.60 Å². The van der Waals surface area contributed by atoms with Crippen LogP contribution >= 0.6 is 0 Å². The van der Waals surface area contributed by atoms with Crippen molar-refractivity contribution in [2.24, 2.45) is 22.7 Å². The molecule has 0 radical (unpaired) electrons. The molecule has 1 N–H and O–H groups in total. The van der Waals surface area contributed by atoms with Crippen molar-refractivity contribution in [2.75, 3.05) is 0 Å². The van der Waals surface area contributed by atoms with Gasteiger partial charge in [0.2, 0.25) is 0 Å². The first-order valence-electron chi connectivity index (χ1n) is 10.4. The van der Waals surface area contributed by atoms with Gasteiger partial charge in [-0.15, -0.1) is 0 Å². The summed E-state index contributed by atoms with van der Waals surface area (Å²) in [5.74, 6) is 1.56. The lowest BCUT2D eigenvalue weighted by molar-refractivity contribution is -0.177. The number of allylic oxidation sites excluding steroid dienone is 1. The van der Waals surface area contributed by atoms with E-state index in [1.54, 1.807) is 6.26 Å². The third kappa shape index (κ3) is 1.96. The fourth-order valence-corrected chi connectivity index (χ4v) is 7.54. The first-order valence-corrected chi connectivity index (χ1v) is 10.4. The van der Waals surface area contributed by atoms with Gasteiger partial charge in [-0.1, -0.05) is 19.4 Å². The van der Waals surface area contributed by atoms with Gasteiger partial charge in [-0.2, -0.15) is 0 Å². The maximum absolute atomic E-state index is 12.1. The molecule has 5 rings (SSSR count). The number of aliphatic hydroxyl groups is 1. The van der Waals surface area contributed by atoms with Crippen LogP contribution in [0.15, 0.2) is 34.7 Å². The van der Waals surface area contributed by atoms with Crippen LogP contribution in [0.2, 0.25) is 0 Å². The Morgan fingerprint density at radius 1 is 1.08 bits per heavy atom. The van der Waals surface area contributed by atoms with Crippen LogP contribution in [0, 0.1) is 22.7 Å². The molecule has 0 unspecified atom stereocenters. The van der Waals surface area contributed by atoms with E-state index in [9.17, 15) is 9.90 Å². The van der Waals surface area contributed by atoms with E-state index in [0.29, 0.717) is 30.0 Å². The minimum Gasteiger partial charge on any atom is -0.472 e. The van der Waals surface area contributed by atoms with Crippen molar-refractivity contribution >= 4 is 5.78 Å². The first-order chi connectivity index (χ1) is 12.4. The van der Waals surface area contributed by atoms with Gasteiger partial charge in [-0.05, 0) is 85.8 Å². The van der Waals surface area contributed by atoms with Crippen LogP contribution in [0.4, 0.5) is 0 Å². The highest BCUT2D eigenvalue weighted by molar-refractivity contribution is 5.91. The number of hydrogen-bond acceptors (Lipinski definition) is 3. The van der Waals surface area contributed by atoms with E-state index in [0.717, 1.165) is 38.5 Å². The maximum Gasteiger partial charge on any atom is 0.155 e. The topological polar surface area (TPSA) is 50.4 Å². The molecule has 0 aromatic carbocycles. The van der Waals surface area contributed by atoms with Gasteiger partial charge in [-0.25, -0.2) is 0 Å². The van der Waals surface area contributed by atoms with Crippen LogP contribution < -0.4 is 0 Å². The third-order valence-electron chi connectivity index (χ3n) is 9.09. The zero-order chi connectivity index (χ0) is 18.2. The zero-order valence-corrected chi connectivity index (χ0v) is 16.0. The molecule has 3 saturated carbocycles. The Balaban J connectivity index is 1.53. The van der Waals surface area contributed by atoms with Gasteiger partial charge < -0.3 is 9.52 Å². The average molecular weight is 354 g/mol. The Bertz CT molecular complexity index is 762. The molecule has 0 bridgehead atoms. The van der Waals surface area contributed by atoms with Crippen LogP contribution in [-0.4, -0.2) is 16.5 Å². The first kappa shape index (κ1) is 16.8. The summed E-state index contributed by atoms with van der Waals surface area (Å²) < 4.78 is 5.37. The predicted octanol–water partition coefficient (Wildman–Crippen LogP) is 5.01. The standard InChI is InChI=1S/C23H30O3/c1-21-9-5-17(24)13-16(21)3-4-20-19(21)6-10-22(2)18(7-11-23(20,22)25)15-8-12-26-14-15/h8,12-14,18-20,25H,3-7,9-11H2,1-2H3/t18-,19+,20-,21+,22-,23+/m1/s1. The molecule has 26 heavy (non-hydrogen) atoms.